The predicted molar refractivity (Wildman–Crippen MR) is 119 cm³/mol. The van der Waals surface area contributed by atoms with E-state index < -0.39 is 12.0 Å². The number of benzene rings is 2. The van der Waals surface area contributed by atoms with E-state index >= 15 is 0 Å². The number of aromatic nitrogens is 2. The van der Waals surface area contributed by atoms with Crippen LogP contribution in [0.15, 0.2) is 67.0 Å². The summed E-state index contributed by atoms with van der Waals surface area (Å²) in [7, 11) is 0. The number of rotatable bonds is 8. The Morgan fingerprint density at radius 1 is 1.00 bits per heavy atom. The van der Waals surface area contributed by atoms with Gasteiger partial charge in [-0.1, -0.05) is 67.4 Å². The van der Waals surface area contributed by atoms with Gasteiger partial charge < -0.3 is 10.4 Å². The van der Waals surface area contributed by atoms with Crippen molar-refractivity contribution in [1.29, 1.82) is 0 Å². The van der Waals surface area contributed by atoms with Gasteiger partial charge in [-0.15, -0.1) is 0 Å². The summed E-state index contributed by atoms with van der Waals surface area (Å²) < 4.78 is 0. The van der Waals surface area contributed by atoms with Crippen LogP contribution in [0, 0.1) is 5.92 Å². The Morgan fingerprint density at radius 3 is 2.39 bits per heavy atom. The van der Waals surface area contributed by atoms with E-state index in [0.717, 1.165) is 42.4 Å². The van der Waals surface area contributed by atoms with Gasteiger partial charge in [0.15, 0.2) is 5.78 Å². The van der Waals surface area contributed by atoms with Crippen LogP contribution in [0.1, 0.15) is 41.6 Å². The molecule has 2 aromatic carbocycles. The van der Waals surface area contributed by atoms with Gasteiger partial charge in [0.1, 0.15) is 18.2 Å². The van der Waals surface area contributed by atoms with Gasteiger partial charge in [0, 0.05) is 29.5 Å². The summed E-state index contributed by atoms with van der Waals surface area (Å²) in [5.41, 5.74) is 3.18. The number of hydrogen-bond acceptors (Lipinski definition) is 5. The zero-order valence-corrected chi connectivity index (χ0v) is 17.2. The molecule has 1 heterocycles. The van der Waals surface area contributed by atoms with Gasteiger partial charge in [0.25, 0.3) is 0 Å². The van der Waals surface area contributed by atoms with E-state index in [-0.39, 0.29) is 11.7 Å². The van der Waals surface area contributed by atoms with Crippen molar-refractivity contribution in [3.8, 4) is 11.3 Å². The monoisotopic (exact) mass is 415 g/mol. The molecule has 1 saturated carbocycles. The van der Waals surface area contributed by atoms with Crippen LogP contribution in [0.3, 0.4) is 0 Å². The second-order valence-corrected chi connectivity index (χ2v) is 7.94. The van der Waals surface area contributed by atoms with Crippen LogP contribution in [0.5, 0.6) is 0 Å². The van der Waals surface area contributed by atoms with Gasteiger partial charge in [-0.05, 0) is 18.4 Å². The number of nitrogens with zero attached hydrogens (tertiary/aromatic N) is 2. The fourth-order valence-corrected chi connectivity index (χ4v) is 4.05. The molecule has 0 aliphatic heterocycles. The van der Waals surface area contributed by atoms with Crippen molar-refractivity contribution < 1.29 is 14.7 Å². The van der Waals surface area contributed by atoms with Crippen molar-refractivity contribution in [1.82, 2.24) is 9.97 Å². The lowest BCUT2D eigenvalue weighted by molar-refractivity contribution is -0.137. The summed E-state index contributed by atoms with van der Waals surface area (Å²) in [6.07, 6.45) is 5.98. The molecule has 0 radical (unpaired) electrons. The number of carbonyl (C=O) groups is 2. The molecule has 1 aromatic heterocycles. The molecule has 6 heteroatoms. The topological polar surface area (TPSA) is 92.2 Å². The lowest BCUT2D eigenvalue weighted by Gasteiger charge is -2.15. The molecule has 1 aliphatic rings. The highest BCUT2D eigenvalue weighted by Crippen LogP contribution is 2.29. The zero-order valence-electron chi connectivity index (χ0n) is 17.2. The number of ketones is 1. The Hall–Kier alpha value is -3.54. The van der Waals surface area contributed by atoms with Crippen LogP contribution in [0.25, 0.3) is 11.3 Å². The molecule has 31 heavy (non-hydrogen) atoms. The van der Waals surface area contributed by atoms with E-state index in [1.807, 2.05) is 54.6 Å². The van der Waals surface area contributed by atoms with Crippen LogP contribution < -0.4 is 5.32 Å². The largest absolute Gasteiger partial charge is 0.480 e. The van der Waals surface area contributed by atoms with E-state index in [4.69, 9.17) is 0 Å². The highest BCUT2D eigenvalue weighted by atomic mass is 16.4. The second-order valence-electron chi connectivity index (χ2n) is 7.94. The minimum Gasteiger partial charge on any atom is -0.480 e. The maximum atomic E-state index is 12.6. The van der Waals surface area contributed by atoms with Gasteiger partial charge in [-0.3, -0.25) is 4.79 Å². The van der Waals surface area contributed by atoms with Crippen molar-refractivity contribution in [2.75, 3.05) is 5.32 Å². The third-order valence-corrected chi connectivity index (χ3v) is 5.76. The Bertz CT molecular complexity index is 1050. The van der Waals surface area contributed by atoms with Crippen molar-refractivity contribution in [2.24, 2.45) is 5.92 Å². The Balaban J connectivity index is 1.48. The molecule has 6 nitrogen and oxygen atoms in total. The molecule has 158 valence electrons. The Kier molecular flexibility index (Phi) is 6.36. The Morgan fingerprint density at radius 2 is 1.71 bits per heavy atom. The van der Waals surface area contributed by atoms with Crippen LogP contribution in [-0.2, 0) is 11.2 Å². The Labute approximate surface area is 181 Å². The molecular weight excluding hydrogens is 390 g/mol. The van der Waals surface area contributed by atoms with E-state index in [2.05, 4.69) is 15.3 Å². The normalized spacial score (nSPS) is 14.8. The first-order valence-corrected chi connectivity index (χ1v) is 10.6. The van der Waals surface area contributed by atoms with Crippen molar-refractivity contribution in [2.45, 2.75) is 38.1 Å². The van der Waals surface area contributed by atoms with E-state index in [0.29, 0.717) is 17.9 Å². The standard InChI is InChI=1S/C25H25N3O3/c29-24(19-8-4-5-9-19)20-12-10-18(11-13-20)21-15-23(27-16-26-21)28-22(25(30)31)14-17-6-2-1-3-7-17/h1-3,6-7,10-13,15-16,19,22H,4-5,8-9,14H2,(H,30,31)(H,26,27,28). The third-order valence-electron chi connectivity index (χ3n) is 5.76. The number of aliphatic carboxylic acids is 1. The molecule has 2 N–H and O–H groups in total. The van der Waals surface area contributed by atoms with Gasteiger partial charge in [0.2, 0.25) is 0 Å². The molecule has 3 aromatic rings. The molecule has 1 unspecified atom stereocenters. The van der Waals surface area contributed by atoms with Gasteiger partial charge >= 0.3 is 5.97 Å². The number of carboxylic acids is 1. The average Bonchev–Trinajstić information content (AvgIpc) is 3.34. The lowest BCUT2D eigenvalue weighted by Crippen LogP contribution is -2.31. The molecule has 1 aliphatic carbocycles. The summed E-state index contributed by atoms with van der Waals surface area (Å²) in [5, 5.41) is 12.6. The van der Waals surface area contributed by atoms with Gasteiger partial charge in [0.05, 0.1) is 5.69 Å². The first kappa shape index (κ1) is 20.7. The number of hydrogen-bond donors (Lipinski definition) is 2. The summed E-state index contributed by atoms with van der Waals surface area (Å²) in [6, 6.07) is 17.9. The molecular formula is C25H25N3O3. The molecule has 0 saturated heterocycles. The smallest absolute Gasteiger partial charge is 0.326 e. The molecule has 0 amide bonds. The van der Waals surface area contributed by atoms with Crippen LogP contribution in [0.4, 0.5) is 5.82 Å². The molecule has 0 bridgehead atoms. The van der Waals surface area contributed by atoms with Crippen LogP contribution in [0.2, 0.25) is 0 Å². The van der Waals surface area contributed by atoms with Crippen LogP contribution >= 0.6 is 0 Å². The molecule has 1 fully saturated rings. The zero-order chi connectivity index (χ0) is 21.6. The maximum Gasteiger partial charge on any atom is 0.326 e. The SMILES string of the molecule is O=C(c1ccc(-c2cc(NC(Cc3ccccc3)C(=O)O)ncn2)cc1)C1CCCC1. The van der Waals surface area contributed by atoms with E-state index in [1.165, 1.54) is 6.33 Å². The fourth-order valence-electron chi connectivity index (χ4n) is 4.05. The number of Topliss-reactive ketones (excluding diaryl/α,β-unsaturated/α-hetero) is 1. The van der Waals surface area contributed by atoms with E-state index in [9.17, 15) is 14.7 Å². The first-order chi connectivity index (χ1) is 15.1. The highest BCUT2D eigenvalue weighted by Gasteiger charge is 2.23. The summed E-state index contributed by atoms with van der Waals surface area (Å²) in [6.45, 7) is 0. The van der Waals surface area contributed by atoms with Crippen molar-refractivity contribution in [3.05, 3.63) is 78.1 Å². The number of nitrogens with one attached hydrogen (secondary N) is 1. The molecule has 1 atom stereocenters. The lowest BCUT2D eigenvalue weighted by atomic mass is 9.95. The fraction of sp³-hybridized carbons (Fsp3) is 0.280. The number of carboxylic acid groups (broad SMARTS) is 1. The summed E-state index contributed by atoms with van der Waals surface area (Å²) >= 11 is 0. The molecule has 4 rings (SSSR count). The minimum atomic E-state index is -0.946. The average molecular weight is 415 g/mol. The summed E-state index contributed by atoms with van der Waals surface area (Å²) in [4.78, 5) is 32.8. The maximum absolute atomic E-state index is 12.6. The van der Waals surface area contributed by atoms with Gasteiger partial charge in [-0.2, -0.15) is 0 Å². The first-order valence-electron chi connectivity index (χ1n) is 10.6. The van der Waals surface area contributed by atoms with Crippen molar-refractivity contribution in [3.63, 3.8) is 0 Å². The minimum absolute atomic E-state index is 0.151. The quantitative estimate of drug-likeness (QED) is 0.522. The number of anilines is 1. The van der Waals surface area contributed by atoms with Crippen LogP contribution in [-0.4, -0.2) is 32.9 Å². The number of carbonyl (C=O) groups excluding carboxylic acids is 1. The van der Waals surface area contributed by atoms with Gasteiger partial charge in [-0.25, -0.2) is 14.8 Å². The van der Waals surface area contributed by atoms with E-state index in [1.54, 1.807) is 6.07 Å². The second kappa shape index (κ2) is 9.51. The summed E-state index contributed by atoms with van der Waals surface area (Å²) in [5.74, 6) is -0.129. The third kappa shape index (κ3) is 5.15. The van der Waals surface area contributed by atoms with Crippen molar-refractivity contribution >= 4 is 17.6 Å². The predicted octanol–water partition coefficient (Wildman–Crippen LogP) is 4.62. The highest BCUT2D eigenvalue weighted by molar-refractivity contribution is 5.98. The molecule has 0 spiro atoms.